The van der Waals surface area contributed by atoms with Crippen LogP contribution in [0, 0.1) is 0 Å². The molecule has 1 amide bonds. The second kappa shape index (κ2) is 9.38. The number of fused-ring (bicyclic) bond motifs is 1. The first-order valence-electron chi connectivity index (χ1n) is 12.2. The molecule has 1 aliphatic heterocycles. The van der Waals surface area contributed by atoms with Crippen LogP contribution < -0.4 is 10.5 Å². The van der Waals surface area contributed by atoms with Crippen molar-refractivity contribution in [2.24, 2.45) is 0 Å². The molecule has 0 atom stereocenters. The molecule has 6 nitrogen and oxygen atoms in total. The molecule has 6 heteroatoms. The van der Waals surface area contributed by atoms with Gasteiger partial charge < -0.3 is 9.80 Å². The van der Waals surface area contributed by atoms with Gasteiger partial charge in [0.05, 0.1) is 10.9 Å². The van der Waals surface area contributed by atoms with Gasteiger partial charge in [-0.3, -0.25) is 14.2 Å². The van der Waals surface area contributed by atoms with Gasteiger partial charge in [0.2, 0.25) is 5.91 Å². The van der Waals surface area contributed by atoms with Gasteiger partial charge in [-0.15, -0.1) is 0 Å². The average molecular weight is 445 g/mol. The van der Waals surface area contributed by atoms with E-state index in [0.717, 1.165) is 37.3 Å². The number of anilines is 1. The Morgan fingerprint density at radius 3 is 2.48 bits per heavy atom. The first-order chi connectivity index (χ1) is 16.1. The summed E-state index contributed by atoms with van der Waals surface area (Å²) in [5.41, 5.74) is 3.13. The minimum Gasteiger partial charge on any atom is -0.372 e. The van der Waals surface area contributed by atoms with Gasteiger partial charge in [-0.2, -0.15) is 0 Å². The van der Waals surface area contributed by atoms with Crippen molar-refractivity contribution in [2.45, 2.75) is 57.5 Å². The molecule has 2 aromatic carbocycles. The topological polar surface area (TPSA) is 58.4 Å². The van der Waals surface area contributed by atoms with E-state index in [-0.39, 0.29) is 17.5 Å². The number of nitrogens with zero attached hydrogens (tertiary/aromatic N) is 4. The summed E-state index contributed by atoms with van der Waals surface area (Å²) in [7, 11) is 1.85. The van der Waals surface area contributed by atoms with Crippen LogP contribution in [0.5, 0.6) is 0 Å². The molecule has 3 aromatic rings. The second-order valence-electron chi connectivity index (χ2n) is 9.42. The summed E-state index contributed by atoms with van der Waals surface area (Å²) in [5.74, 6) is 0.800. The number of piperidine rings is 1. The molecule has 2 heterocycles. The number of aromatic nitrogens is 2. The van der Waals surface area contributed by atoms with Crippen LogP contribution in [0.15, 0.2) is 53.3 Å². The van der Waals surface area contributed by atoms with Crippen LogP contribution in [0.2, 0.25) is 0 Å². The number of carbonyl (C=O) groups is 1. The summed E-state index contributed by atoms with van der Waals surface area (Å²) >= 11 is 0. The lowest BCUT2D eigenvalue weighted by Crippen LogP contribution is -2.29. The van der Waals surface area contributed by atoms with Gasteiger partial charge in [0, 0.05) is 51.3 Å². The molecule has 172 valence electrons. The molecule has 33 heavy (non-hydrogen) atoms. The molecule has 1 saturated carbocycles. The molecule has 1 aliphatic carbocycles. The first-order valence-corrected chi connectivity index (χ1v) is 12.2. The molecule has 2 aliphatic rings. The molecule has 0 bridgehead atoms. The van der Waals surface area contributed by atoms with E-state index in [2.05, 4.69) is 29.2 Å². The molecule has 2 fully saturated rings. The Labute approximate surface area is 194 Å². The zero-order valence-corrected chi connectivity index (χ0v) is 19.4. The lowest BCUT2D eigenvalue weighted by atomic mass is 10.1. The molecule has 1 aromatic heterocycles. The molecular weight excluding hydrogens is 412 g/mol. The summed E-state index contributed by atoms with van der Waals surface area (Å²) in [5, 5.41) is 0.657. The number of rotatable bonds is 7. The van der Waals surface area contributed by atoms with Crippen molar-refractivity contribution in [3.63, 3.8) is 0 Å². The summed E-state index contributed by atoms with van der Waals surface area (Å²) in [4.78, 5) is 34.9. The Bertz CT molecular complexity index is 1190. The quantitative estimate of drug-likeness (QED) is 0.545. The fourth-order valence-electron chi connectivity index (χ4n) is 4.81. The Kier molecular flexibility index (Phi) is 6.16. The fourth-order valence-corrected chi connectivity index (χ4v) is 4.81. The van der Waals surface area contributed by atoms with Crippen LogP contribution >= 0.6 is 0 Å². The lowest BCUT2D eigenvalue weighted by molar-refractivity contribution is -0.130. The van der Waals surface area contributed by atoms with Gasteiger partial charge in [0.15, 0.2) is 0 Å². The zero-order valence-electron chi connectivity index (χ0n) is 19.4. The molecule has 0 unspecified atom stereocenters. The highest BCUT2D eigenvalue weighted by Crippen LogP contribution is 2.35. The number of amides is 1. The molecule has 0 radical (unpaired) electrons. The summed E-state index contributed by atoms with van der Waals surface area (Å²) in [6.07, 6.45) is 6.70. The Hall–Kier alpha value is -3.15. The van der Waals surface area contributed by atoms with Crippen molar-refractivity contribution < 1.29 is 4.79 Å². The van der Waals surface area contributed by atoms with E-state index in [0.29, 0.717) is 30.3 Å². The summed E-state index contributed by atoms with van der Waals surface area (Å²) in [6.45, 7) is 2.85. The first kappa shape index (κ1) is 21.7. The monoisotopic (exact) mass is 444 g/mol. The molecule has 1 saturated heterocycles. The van der Waals surface area contributed by atoms with E-state index < -0.39 is 0 Å². The number of benzene rings is 2. The normalized spacial score (nSPS) is 16.2. The van der Waals surface area contributed by atoms with Gasteiger partial charge in [0.1, 0.15) is 5.82 Å². The number of carbonyl (C=O) groups excluding carboxylic acids is 1. The van der Waals surface area contributed by atoms with E-state index >= 15 is 0 Å². The third kappa shape index (κ3) is 4.80. The number of hydrogen-bond donors (Lipinski definition) is 0. The maximum absolute atomic E-state index is 13.0. The van der Waals surface area contributed by atoms with Crippen LogP contribution in [-0.2, 0) is 17.8 Å². The Morgan fingerprint density at radius 1 is 1.03 bits per heavy atom. The van der Waals surface area contributed by atoms with Crippen molar-refractivity contribution in [3.8, 4) is 0 Å². The maximum atomic E-state index is 13.0. The number of aryl methyl sites for hydroxylation is 1. The van der Waals surface area contributed by atoms with Crippen molar-refractivity contribution in [1.82, 2.24) is 14.5 Å². The van der Waals surface area contributed by atoms with Gasteiger partial charge in [-0.05, 0) is 61.9 Å². The van der Waals surface area contributed by atoms with E-state index in [1.807, 2.05) is 35.9 Å². The lowest BCUT2D eigenvalue weighted by Gasteiger charge is -2.29. The summed E-state index contributed by atoms with van der Waals surface area (Å²) in [6, 6.07) is 16.3. The molecular formula is C27H32N4O2. The Morgan fingerprint density at radius 2 is 1.76 bits per heavy atom. The minimum absolute atomic E-state index is 0.0210. The van der Waals surface area contributed by atoms with Crippen molar-refractivity contribution in [3.05, 3.63) is 70.3 Å². The third-order valence-electron chi connectivity index (χ3n) is 6.86. The molecule has 5 rings (SSSR count). The van der Waals surface area contributed by atoms with Gasteiger partial charge >= 0.3 is 0 Å². The van der Waals surface area contributed by atoms with E-state index in [4.69, 9.17) is 4.98 Å². The van der Waals surface area contributed by atoms with E-state index in [1.165, 1.54) is 24.9 Å². The van der Waals surface area contributed by atoms with Crippen LogP contribution in [0.3, 0.4) is 0 Å². The van der Waals surface area contributed by atoms with Crippen molar-refractivity contribution in [2.75, 3.05) is 25.0 Å². The highest BCUT2D eigenvalue weighted by atomic mass is 16.2. The number of hydrogen-bond acceptors (Lipinski definition) is 4. The number of para-hydroxylation sites is 1. The van der Waals surface area contributed by atoms with Gasteiger partial charge in [-0.25, -0.2) is 4.98 Å². The zero-order chi connectivity index (χ0) is 22.8. The maximum Gasteiger partial charge on any atom is 0.261 e. The van der Waals surface area contributed by atoms with Crippen molar-refractivity contribution >= 4 is 22.5 Å². The SMILES string of the molecule is CN(Cc1ccc(N2CCCCC2)cc1)C(=O)CCc1nc2ccccc2c(=O)n1C1CC1. The van der Waals surface area contributed by atoms with Crippen LogP contribution in [0.25, 0.3) is 10.9 Å². The Balaban J connectivity index is 1.23. The largest absolute Gasteiger partial charge is 0.372 e. The predicted octanol–water partition coefficient (Wildman–Crippen LogP) is 4.31. The summed E-state index contributed by atoms with van der Waals surface area (Å²) < 4.78 is 1.83. The van der Waals surface area contributed by atoms with E-state index in [1.54, 1.807) is 4.90 Å². The van der Waals surface area contributed by atoms with Crippen molar-refractivity contribution in [1.29, 1.82) is 0 Å². The second-order valence-corrected chi connectivity index (χ2v) is 9.42. The fraction of sp³-hybridized carbons (Fsp3) is 0.444. The average Bonchev–Trinajstić information content (AvgIpc) is 3.69. The van der Waals surface area contributed by atoms with Gasteiger partial charge in [0.25, 0.3) is 5.56 Å². The third-order valence-corrected chi connectivity index (χ3v) is 6.86. The highest BCUT2D eigenvalue weighted by molar-refractivity contribution is 5.78. The van der Waals surface area contributed by atoms with E-state index in [9.17, 15) is 9.59 Å². The standard InChI is InChI=1S/C27H32N4O2/c1-29(19-20-9-11-21(12-10-20)30-17-5-2-6-18-30)26(32)16-15-25-28-24-8-4-3-7-23(24)27(33)31(25)22-13-14-22/h3-4,7-12,22H,2,5-6,13-19H2,1H3. The van der Waals surface area contributed by atoms with Crippen LogP contribution in [0.4, 0.5) is 5.69 Å². The smallest absolute Gasteiger partial charge is 0.261 e. The van der Waals surface area contributed by atoms with Crippen LogP contribution in [-0.4, -0.2) is 40.5 Å². The highest BCUT2D eigenvalue weighted by Gasteiger charge is 2.28. The molecule has 0 N–H and O–H groups in total. The predicted molar refractivity (Wildman–Crippen MR) is 132 cm³/mol. The van der Waals surface area contributed by atoms with Crippen LogP contribution in [0.1, 0.15) is 56.0 Å². The minimum atomic E-state index is 0.0210. The molecule has 0 spiro atoms. The van der Waals surface area contributed by atoms with Gasteiger partial charge in [-0.1, -0.05) is 24.3 Å².